The third-order valence-electron chi connectivity index (χ3n) is 4.52. The average molecular weight is 381 g/mol. The molecule has 0 aliphatic carbocycles. The Bertz CT molecular complexity index is 970. The number of amides is 1. The molecule has 3 rings (SSSR count). The quantitative estimate of drug-likeness (QED) is 0.617. The van der Waals surface area contributed by atoms with Crippen LogP contribution in [-0.2, 0) is 24.1 Å². The van der Waals surface area contributed by atoms with Crippen LogP contribution in [0.25, 0.3) is 5.13 Å². The van der Waals surface area contributed by atoms with Crippen molar-refractivity contribution < 1.29 is 4.79 Å². The molecule has 1 amide bonds. The number of hydrogen-bond acceptors (Lipinski definition) is 4. The predicted molar refractivity (Wildman–Crippen MR) is 111 cm³/mol. The zero-order valence-electron chi connectivity index (χ0n) is 16.0. The van der Waals surface area contributed by atoms with Crippen LogP contribution in [0.5, 0.6) is 0 Å². The maximum absolute atomic E-state index is 12.4. The first-order valence-electron chi connectivity index (χ1n) is 9.02. The molecule has 0 fully saturated rings. The van der Waals surface area contributed by atoms with Crippen molar-refractivity contribution in [3.05, 3.63) is 70.5 Å². The Kier molecular flexibility index (Phi) is 5.86. The third-order valence-corrected chi connectivity index (χ3v) is 5.39. The van der Waals surface area contributed by atoms with E-state index in [9.17, 15) is 4.79 Å². The van der Waals surface area contributed by atoms with Crippen molar-refractivity contribution in [2.45, 2.75) is 40.0 Å². The minimum atomic E-state index is -0.0616. The number of aromatic nitrogens is 3. The second kappa shape index (κ2) is 8.31. The maximum Gasteiger partial charge on any atom is 0.230 e. The molecule has 0 bridgehead atoms. The molecule has 0 aliphatic heterocycles. The lowest BCUT2D eigenvalue weighted by Crippen LogP contribution is -2.15. The lowest BCUT2D eigenvalue weighted by molar-refractivity contribution is -0.115. The monoisotopic (exact) mass is 380 g/mol. The number of anilines is 1. The van der Waals surface area contributed by atoms with Gasteiger partial charge in [0.05, 0.1) is 17.8 Å². The molecule has 5 nitrogen and oxygen atoms in total. The molecule has 140 valence electrons. The highest BCUT2D eigenvalue weighted by Gasteiger charge is 2.15. The smallest absolute Gasteiger partial charge is 0.230 e. The first kappa shape index (κ1) is 19.0. The maximum atomic E-state index is 12.4. The summed E-state index contributed by atoms with van der Waals surface area (Å²) >= 11 is 1.50. The molecule has 0 atom stereocenters. The predicted octanol–water partition coefficient (Wildman–Crippen LogP) is 4.42. The number of carbonyl (C=O) groups excluding carboxylic acids is 1. The topological polar surface area (TPSA) is 59.8 Å². The molecule has 2 aromatic heterocycles. The van der Waals surface area contributed by atoms with E-state index in [4.69, 9.17) is 0 Å². The van der Waals surface area contributed by atoms with Crippen molar-refractivity contribution in [1.82, 2.24) is 14.8 Å². The van der Waals surface area contributed by atoms with Crippen LogP contribution >= 0.6 is 11.3 Å². The summed E-state index contributed by atoms with van der Waals surface area (Å²) in [5.41, 5.74) is 5.97. The Morgan fingerprint density at radius 1 is 1.33 bits per heavy atom. The molecule has 0 unspecified atom stereocenters. The summed E-state index contributed by atoms with van der Waals surface area (Å²) in [6, 6.07) is 7.87. The molecule has 1 aromatic carbocycles. The van der Waals surface area contributed by atoms with Gasteiger partial charge in [0, 0.05) is 22.3 Å². The van der Waals surface area contributed by atoms with E-state index in [2.05, 4.69) is 28.9 Å². The van der Waals surface area contributed by atoms with Gasteiger partial charge in [-0.3, -0.25) is 4.79 Å². The summed E-state index contributed by atoms with van der Waals surface area (Å²) in [5, 5.41) is 10.3. The van der Waals surface area contributed by atoms with Gasteiger partial charge in [-0.05, 0) is 38.3 Å². The minimum absolute atomic E-state index is 0.0616. The molecule has 0 aliphatic rings. The van der Waals surface area contributed by atoms with Gasteiger partial charge >= 0.3 is 0 Å². The van der Waals surface area contributed by atoms with Gasteiger partial charge in [0.25, 0.3) is 0 Å². The summed E-state index contributed by atoms with van der Waals surface area (Å²) in [5.74, 6) is -0.0616. The van der Waals surface area contributed by atoms with Gasteiger partial charge in [0.1, 0.15) is 0 Å². The fourth-order valence-corrected chi connectivity index (χ4v) is 3.91. The van der Waals surface area contributed by atoms with E-state index in [1.807, 2.05) is 54.3 Å². The number of benzene rings is 1. The molecule has 0 saturated carbocycles. The second-order valence-electron chi connectivity index (χ2n) is 6.41. The Hall–Kier alpha value is -2.73. The Balaban J connectivity index is 1.74. The number of hydrogen-bond donors (Lipinski definition) is 1. The van der Waals surface area contributed by atoms with E-state index < -0.39 is 0 Å². The molecule has 6 heteroatoms. The number of nitrogens with zero attached hydrogens (tertiary/aromatic N) is 3. The van der Waals surface area contributed by atoms with E-state index in [0.717, 1.165) is 46.3 Å². The van der Waals surface area contributed by atoms with Crippen LogP contribution in [0, 0.1) is 13.8 Å². The van der Waals surface area contributed by atoms with Crippen molar-refractivity contribution in [2.24, 2.45) is 0 Å². The molecule has 0 saturated heterocycles. The molecule has 3 aromatic rings. The van der Waals surface area contributed by atoms with Crippen LogP contribution in [0.2, 0.25) is 0 Å². The normalized spacial score (nSPS) is 10.8. The van der Waals surface area contributed by atoms with Crippen molar-refractivity contribution in [3.63, 3.8) is 0 Å². The number of allylic oxidation sites excluding steroid dienone is 1. The fourth-order valence-electron chi connectivity index (χ4n) is 3.09. The minimum Gasteiger partial charge on any atom is -0.325 e. The first-order chi connectivity index (χ1) is 13.0. The highest BCUT2D eigenvalue weighted by atomic mass is 32.1. The van der Waals surface area contributed by atoms with E-state index in [1.165, 1.54) is 16.9 Å². The number of nitrogens with one attached hydrogen (secondary N) is 1. The Morgan fingerprint density at radius 2 is 2.11 bits per heavy atom. The average Bonchev–Trinajstić information content (AvgIpc) is 3.21. The summed E-state index contributed by atoms with van der Waals surface area (Å²) in [6.45, 7) is 9.92. The number of rotatable bonds is 7. The highest BCUT2D eigenvalue weighted by Crippen LogP contribution is 2.22. The van der Waals surface area contributed by atoms with Crippen LogP contribution in [0.15, 0.2) is 42.3 Å². The first-order valence-corrected chi connectivity index (χ1v) is 9.90. The standard InChI is InChI=1S/C21H24N4OS/c1-5-9-18-14(3)24-25(15(18)4)21-22-17(13-27-21)12-20(26)23-19-11-8-7-10-16(19)6-2/h5,7-8,10-11,13H,1,6,9,12H2,2-4H3,(H,23,26). The molecule has 1 N–H and O–H groups in total. The van der Waals surface area contributed by atoms with Crippen molar-refractivity contribution in [1.29, 1.82) is 0 Å². The van der Waals surface area contributed by atoms with Gasteiger partial charge in [0.15, 0.2) is 0 Å². The second-order valence-corrected chi connectivity index (χ2v) is 7.25. The van der Waals surface area contributed by atoms with Crippen LogP contribution < -0.4 is 5.32 Å². The van der Waals surface area contributed by atoms with Gasteiger partial charge in [-0.15, -0.1) is 17.9 Å². The zero-order chi connectivity index (χ0) is 19.4. The van der Waals surface area contributed by atoms with Gasteiger partial charge < -0.3 is 5.32 Å². The van der Waals surface area contributed by atoms with E-state index in [-0.39, 0.29) is 12.3 Å². The zero-order valence-corrected chi connectivity index (χ0v) is 16.8. The Morgan fingerprint density at radius 3 is 2.85 bits per heavy atom. The molecule has 27 heavy (non-hydrogen) atoms. The molecule has 0 radical (unpaired) electrons. The third kappa shape index (κ3) is 4.17. The van der Waals surface area contributed by atoms with Gasteiger partial charge in [-0.2, -0.15) is 5.10 Å². The summed E-state index contributed by atoms with van der Waals surface area (Å²) < 4.78 is 1.85. The van der Waals surface area contributed by atoms with Gasteiger partial charge in [0.2, 0.25) is 11.0 Å². The van der Waals surface area contributed by atoms with Gasteiger partial charge in [-0.1, -0.05) is 31.2 Å². The van der Waals surface area contributed by atoms with Crippen LogP contribution in [-0.4, -0.2) is 20.7 Å². The van der Waals surface area contributed by atoms with E-state index in [1.54, 1.807) is 0 Å². The number of carbonyl (C=O) groups is 1. The summed E-state index contributed by atoms with van der Waals surface area (Å²) in [6.07, 6.45) is 3.79. The fraction of sp³-hybridized carbons (Fsp3) is 0.286. The molecule has 2 heterocycles. The van der Waals surface area contributed by atoms with Crippen LogP contribution in [0.1, 0.15) is 35.1 Å². The summed E-state index contributed by atoms with van der Waals surface area (Å²) in [7, 11) is 0. The lowest BCUT2D eigenvalue weighted by Gasteiger charge is -2.08. The molecular formula is C21H24N4OS. The van der Waals surface area contributed by atoms with E-state index in [0.29, 0.717) is 0 Å². The largest absolute Gasteiger partial charge is 0.325 e. The van der Waals surface area contributed by atoms with Crippen LogP contribution in [0.3, 0.4) is 0 Å². The number of thiazole rings is 1. The molecule has 0 spiro atoms. The summed E-state index contributed by atoms with van der Waals surface area (Å²) in [4.78, 5) is 17.0. The van der Waals surface area contributed by atoms with Crippen LogP contribution in [0.4, 0.5) is 5.69 Å². The number of aryl methyl sites for hydroxylation is 2. The van der Waals surface area contributed by atoms with Crippen molar-refractivity contribution in [3.8, 4) is 5.13 Å². The van der Waals surface area contributed by atoms with E-state index >= 15 is 0 Å². The van der Waals surface area contributed by atoms with Crippen molar-refractivity contribution >= 4 is 22.9 Å². The lowest BCUT2D eigenvalue weighted by atomic mass is 10.1. The SMILES string of the molecule is C=CCc1c(C)nn(-c2nc(CC(=O)Nc3ccccc3CC)cs2)c1C. The Labute approximate surface area is 163 Å². The van der Waals surface area contributed by atoms with Crippen molar-refractivity contribution in [2.75, 3.05) is 5.32 Å². The number of para-hydroxylation sites is 1. The van der Waals surface area contributed by atoms with Gasteiger partial charge in [-0.25, -0.2) is 9.67 Å². The molecular weight excluding hydrogens is 356 g/mol. The highest BCUT2D eigenvalue weighted by molar-refractivity contribution is 7.12.